The first-order valence-electron chi connectivity index (χ1n) is 8.78. The van der Waals surface area contributed by atoms with Crippen LogP contribution in [-0.2, 0) is 4.57 Å². The Kier molecular flexibility index (Phi) is 6.35. The molecule has 3 aromatic rings. The SMILES string of the molecule is N=C(N)NC(CP(=O)(Oc1ccccc1)Oc1ccccc1)c1ccccc1. The average Bonchev–Trinajstić information content (AvgIpc) is 2.69. The van der Waals surface area contributed by atoms with Crippen molar-refractivity contribution < 1.29 is 13.6 Å². The minimum atomic E-state index is -3.66. The summed E-state index contributed by atoms with van der Waals surface area (Å²) >= 11 is 0. The third kappa shape index (κ3) is 5.63. The average molecular weight is 395 g/mol. The van der Waals surface area contributed by atoms with Crippen molar-refractivity contribution in [2.75, 3.05) is 6.16 Å². The molecule has 28 heavy (non-hydrogen) atoms. The van der Waals surface area contributed by atoms with Gasteiger partial charge in [-0.1, -0.05) is 66.7 Å². The Morgan fingerprint density at radius 2 is 1.29 bits per heavy atom. The second kappa shape index (κ2) is 9.11. The van der Waals surface area contributed by atoms with Gasteiger partial charge in [0, 0.05) is 0 Å². The van der Waals surface area contributed by atoms with Gasteiger partial charge < -0.3 is 20.1 Å². The predicted octanol–water partition coefficient (Wildman–Crippen LogP) is 4.56. The van der Waals surface area contributed by atoms with Crippen molar-refractivity contribution in [3.05, 3.63) is 96.6 Å². The molecule has 3 rings (SSSR count). The Balaban J connectivity index is 1.92. The highest BCUT2D eigenvalue weighted by Crippen LogP contribution is 2.50. The predicted molar refractivity (Wildman–Crippen MR) is 111 cm³/mol. The highest BCUT2D eigenvalue weighted by Gasteiger charge is 2.33. The molecule has 0 amide bonds. The van der Waals surface area contributed by atoms with Gasteiger partial charge in [-0.25, -0.2) is 4.57 Å². The Morgan fingerprint density at radius 1 is 0.857 bits per heavy atom. The van der Waals surface area contributed by atoms with E-state index in [9.17, 15) is 4.57 Å². The van der Waals surface area contributed by atoms with Gasteiger partial charge in [0.25, 0.3) is 0 Å². The van der Waals surface area contributed by atoms with E-state index < -0.39 is 13.6 Å². The molecule has 3 aromatic carbocycles. The first-order chi connectivity index (χ1) is 13.5. The molecule has 0 aliphatic heterocycles. The van der Waals surface area contributed by atoms with E-state index >= 15 is 0 Å². The Bertz CT molecular complexity index is 891. The fraction of sp³-hybridized carbons (Fsp3) is 0.0952. The lowest BCUT2D eigenvalue weighted by molar-refractivity contribution is 0.380. The Morgan fingerprint density at radius 3 is 1.71 bits per heavy atom. The van der Waals surface area contributed by atoms with Crippen LogP contribution in [0.4, 0.5) is 0 Å². The van der Waals surface area contributed by atoms with Crippen LogP contribution in [0.15, 0.2) is 91.0 Å². The number of guanidine groups is 1. The largest absolute Gasteiger partial charge is 0.433 e. The van der Waals surface area contributed by atoms with Crippen LogP contribution in [0.3, 0.4) is 0 Å². The van der Waals surface area contributed by atoms with Crippen LogP contribution in [0.5, 0.6) is 11.5 Å². The first-order valence-corrected chi connectivity index (χ1v) is 10.5. The standard InChI is InChI=1S/C21H22N3O3P/c22-21(23)24-20(17-10-4-1-5-11-17)16-28(25,26-18-12-6-2-7-13-18)27-19-14-8-3-9-15-19/h1-15,20H,16H2,(H4,22,23,24). The van der Waals surface area contributed by atoms with Crippen molar-refractivity contribution in [1.82, 2.24) is 5.32 Å². The minimum Gasteiger partial charge on any atom is -0.416 e. The van der Waals surface area contributed by atoms with Crippen LogP contribution in [0, 0.1) is 5.41 Å². The van der Waals surface area contributed by atoms with Crippen LogP contribution in [0.1, 0.15) is 11.6 Å². The smallest absolute Gasteiger partial charge is 0.416 e. The van der Waals surface area contributed by atoms with Crippen LogP contribution in [0.2, 0.25) is 0 Å². The highest BCUT2D eigenvalue weighted by atomic mass is 31.2. The molecule has 0 saturated carbocycles. The maximum absolute atomic E-state index is 13.7. The summed E-state index contributed by atoms with van der Waals surface area (Å²) in [5, 5.41) is 10.5. The summed E-state index contributed by atoms with van der Waals surface area (Å²) in [5.74, 6) is 0.660. The fourth-order valence-corrected chi connectivity index (χ4v) is 4.53. The van der Waals surface area contributed by atoms with Gasteiger partial charge >= 0.3 is 7.60 Å². The third-order valence-electron chi connectivity index (χ3n) is 3.91. The first kappa shape index (κ1) is 19.5. The summed E-state index contributed by atoms with van der Waals surface area (Å²) in [5.41, 5.74) is 6.38. The zero-order valence-electron chi connectivity index (χ0n) is 15.2. The molecule has 0 aromatic heterocycles. The molecule has 0 fully saturated rings. The second-order valence-corrected chi connectivity index (χ2v) is 8.08. The van der Waals surface area contributed by atoms with Crippen molar-refractivity contribution in [1.29, 1.82) is 5.41 Å². The van der Waals surface area contributed by atoms with E-state index in [0.717, 1.165) is 5.56 Å². The number of hydrogen-bond donors (Lipinski definition) is 3. The lowest BCUT2D eigenvalue weighted by atomic mass is 10.1. The van der Waals surface area contributed by atoms with Crippen molar-refractivity contribution >= 4 is 13.6 Å². The monoisotopic (exact) mass is 395 g/mol. The van der Waals surface area contributed by atoms with E-state index in [-0.39, 0.29) is 12.1 Å². The van der Waals surface area contributed by atoms with E-state index in [1.165, 1.54) is 0 Å². The van der Waals surface area contributed by atoms with E-state index in [0.29, 0.717) is 11.5 Å². The number of rotatable bonds is 8. The van der Waals surface area contributed by atoms with Gasteiger partial charge in [0.15, 0.2) is 5.96 Å². The Hall–Kier alpha value is -3.24. The molecule has 4 N–H and O–H groups in total. The number of nitrogens with one attached hydrogen (secondary N) is 2. The lowest BCUT2D eigenvalue weighted by Gasteiger charge is -2.25. The van der Waals surface area contributed by atoms with E-state index in [2.05, 4.69) is 5.32 Å². The molecule has 0 bridgehead atoms. The van der Waals surface area contributed by atoms with Crippen molar-refractivity contribution in [3.8, 4) is 11.5 Å². The van der Waals surface area contributed by atoms with Gasteiger partial charge in [0.2, 0.25) is 0 Å². The molecule has 1 atom stereocenters. The highest BCUT2D eigenvalue weighted by molar-refractivity contribution is 7.54. The normalized spacial score (nSPS) is 12.0. The van der Waals surface area contributed by atoms with Crippen molar-refractivity contribution in [3.63, 3.8) is 0 Å². The van der Waals surface area contributed by atoms with Gasteiger partial charge in [-0.05, 0) is 29.8 Å². The topological polar surface area (TPSA) is 97.4 Å². The third-order valence-corrected chi connectivity index (χ3v) is 5.70. The molecule has 6 nitrogen and oxygen atoms in total. The number of nitrogens with two attached hydrogens (primary N) is 1. The molecule has 7 heteroatoms. The van der Waals surface area contributed by atoms with E-state index in [4.69, 9.17) is 20.2 Å². The van der Waals surface area contributed by atoms with Crippen LogP contribution < -0.4 is 20.1 Å². The fourth-order valence-electron chi connectivity index (χ4n) is 2.71. The number of para-hydroxylation sites is 2. The van der Waals surface area contributed by atoms with Gasteiger partial charge in [-0.15, -0.1) is 0 Å². The summed E-state index contributed by atoms with van der Waals surface area (Å²) in [6, 6.07) is 26.6. The van der Waals surface area contributed by atoms with Gasteiger partial charge in [0.1, 0.15) is 11.5 Å². The molecule has 1 unspecified atom stereocenters. The van der Waals surface area contributed by atoms with Crippen LogP contribution >= 0.6 is 7.60 Å². The molecule has 0 heterocycles. The quantitative estimate of drug-likeness (QED) is 0.295. The molecule has 0 spiro atoms. The summed E-state index contributed by atoms with van der Waals surface area (Å²) in [4.78, 5) is 0. The maximum atomic E-state index is 13.7. The minimum absolute atomic E-state index is 0.0135. The number of benzene rings is 3. The molecule has 0 radical (unpaired) electrons. The molecule has 0 aliphatic rings. The van der Waals surface area contributed by atoms with Gasteiger partial charge in [0.05, 0.1) is 12.2 Å². The summed E-state index contributed by atoms with van der Waals surface area (Å²) in [6.07, 6.45) is -0.0135. The van der Waals surface area contributed by atoms with Gasteiger partial charge in [-0.3, -0.25) is 5.41 Å². The Labute approximate surface area is 164 Å². The van der Waals surface area contributed by atoms with Crippen molar-refractivity contribution in [2.24, 2.45) is 5.73 Å². The lowest BCUT2D eigenvalue weighted by Crippen LogP contribution is -2.36. The van der Waals surface area contributed by atoms with Crippen LogP contribution in [-0.4, -0.2) is 12.1 Å². The van der Waals surface area contributed by atoms with Crippen LogP contribution in [0.25, 0.3) is 0 Å². The van der Waals surface area contributed by atoms with E-state index in [1.54, 1.807) is 48.5 Å². The molecule has 0 saturated heterocycles. The molecular weight excluding hydrogens is 373 g/mol. The molecular formula is C21H22N3O3P. The summed E-state index contributed by atoms with van der Waals surface area (Å²) in [6.45, 7) is 0. The van der Waals surface area contributed by atoms with E-state index in [1.807, 2.05) is 42.5 Å². The molecule has 0 aliphatic carbocycles. The zero-order valence-corrected chi connectivity index (χ0v) is 16.1. The van der Waals surface area contributed by atoms with Crippen molar-refractivity contribution in [2.45, 2.75) is 6.04 Å². The molecule has 144 valence electrons. The zero-order chi connectivity index (χ0) is 19.8. The van der Waals surface area contributed by atoms with Gasteiger partial charge in [-0.2, -0.15) is 0 Å². The number of hydrogen-bond acceptors (Lipinski definition) is 4. The maximum Gasteiger partial charge on any atom is 0.433 e. The summed E-state index contributed by atoms with van der Waals surface area (Å²) in [7, 11) is -3.66. The summed E-state index contributed by atoms with van der Waals surface area (Å²) < 4.78 is 25.4. The second-order valence-electron chi connectivity index (χ2n) is 6.12.